The molecule has 0 saturated carbocycles. The first-order valence-corrected chi connectivity index (χ1v) is 9.15. The lowest BCUT2D eigenvalue weighted by atomic mass is 9.90. The van der Waals surface area contributed by atoms with Crippen molar-refractivity contribution in [1.29, 1.82) is 0 Å². The van der Waals surface area contributed by atoms with Gasteiger partial charge in [-0.25, -0.2) is 0 Å². The second kappa shape index (κ2) is 7.50. The van der Waals surface area contributed by atoms with Crippen molar-refractivity contribution < 1.29 is 0 Å². The maximum atomic E-state index is 3.54. The molecule has 1 atom stereocenters. The number of benzene rings is 2. The molecule has 0 spiro atoms. The predicted molar refractivity (Wildman–Crippen MR) is 103 cm³/mol. The van der Waals surface area contributed by atoms with E-state index in [2.05, 4.69) is 74.3 Å². The lowest BCUT2D eigenvalue weighted by molar-refractivity contribution is 0.240. The first-order valence-electron chi connectivity index (χ1n) is 9.15. The lowest BCUT2D eigenvalue weighted by Gasteiger charge is -2.33. The summed E-state index contributed by atoms with van der Waals surface area (Å²) in [4.78, 5) is 2.66. The number of nitrogens with zero attached hydrogens (tertiary/aromatic N) is 1. The zero-order chi connectivity index (χ0) is 17.1. The molecule has 2 nitrogen and oxygen atoms in total. The molecule has 1 heterocycles. The van der Waals surface area contributed by atoms with Gasteiger partial charge in [0.25, 0.3) is 0 Å². The van der Waals surface area contributed by atoms with Crippen LogP contribution in [0.15, 0.2) is 36.4 Å². The topological polar surface area (TPSA) is 15.3 Å². The first-order chi connectivity index (χ1) is 11.5. The van der Waals surface area contributed by atoms with Crippen molar-refractivity contribution in [2.45, 2.75) is 40.2 Å². The lowest BCUT2D eigenvalue weighted by Crippen LogP contribution is -2.33. The Balaban J connectivity index is 2.08. The van der Waals surface area contributed by atoms with Gasteiger partial charge in [-0.3, -0.25) is 4.90 Å². The summed E-state index contributed by atoms with van der Waals surface area (Å²) < 4.78 is 0. The van der Waals surface area contributed by atoms with Crippen molar-refractivity contribution in [2.75, 3.05) is 26.2 Å². The molecule has 1 saturated heterocycles. The van der Waals surface area contributed by atoms with E-state index in [0.29, 0.717) is 6.04 Å². The Bertz CT molecular complexity index is 677. The summed E-state index contributed by atoms with van der Waals surface area (Å²) in [7, 11) is 0. The molecule has 0 aromatic heterocycles. The van der Waals surface area contributed by atoms with Gasteiger partial charge in [0.05, 0.1) is 6.04 Å². The highest BCUT2D eigenvalue weighted by molar-refractivity contribution is 5.41. The minimum Gasteiger partial charge on any atom is -0.315 e. The number of hydrogen-bond donors (Lipinski definition) is 1. The summed E-state index contributed by atoms with van der Waals surface area (Å²) >= 11 is 0. The van der Waals surface area contributed by atoms with E-state index in [1.165, 1.54) is 39.8 Å². The zero-order valence-corrected chi connectivity index (χ0v) is 15.5. The predicted octanol–water partition coefficient (Wildman–Crippen LogP) is 4.30. The summed E-state index contributed by atoms with van der Waals surface area (Å²) in [6.07, 6.45) is 1.21. The van der Waals surface area contributed by atoms with Gasteiger partial charge in [0.2, 0.25) is 0 Å². The van der Waals surface area contributed by atoms with Gasteiger partial charge >= 0.3 is 0 Å². The first kappa shape index (κ1) is 17.2. The highest BCUT2D eigenvalue weighted by Crippen LogP contribution is 2.32. The SMILES string of the molecule is Cc1cc(C)cc(C(c2ccc(C)cc2C)N2CCCNCC2)c1. The Kier molecular flexibility index (Phi) is 5.37. The van der Waals surface area contributed by atoms with E-state index in [1.54, 1.807) is 0 Å². The molecule has 0 amide bonds. The van der Waals surface area contributed by atoms with Crippen molar-refractivity contribution in [3.63, 3.8) is 0 Å². The Labute approximate surface area is 146 Å². The van der Waals surface area contributed by atoms with Crippen molar-refractivity contribution in [3.8, 4) is 0 Å². The molecule has 1 aliphatic heterocycles. The van der Waals surface area contributed by atoms with Crippen LogP contribution in [0.2, 0.25) is 0 Å². The molecule has 1 aliphatic rings. The van der Waals surface area contributed by atoms with E-state index in [0.717, 1.165) is 26.2 Å². The van der Waals surface area contributed by atoms with Gasteiger partial charge in [0.1, 0.15) is 0 Å². The number of rotatable bonds is 3. The van der Waals surface area contributed by atoms with E-state index in [-0.39, 0.29) is 0 Å². The minimum atomic E-state index is 0.351. The average Bonchev–Trinajstić information content (AvgIpc) is 2.78. The zero-order valence-electron chi connectivity index (χ0n) is 15.5. The van der Waals surface area contributed by atoms with Crippen molar-refractivity contribution in [3.05, 3.63) is 69.8 Å². The van der Waals surface area contributed by atoms with Crippen molar-refractivity contribution >= 4 is 0 Å². The van der Waals surface area contributed by atoms with Crippen LogP contribution in [0.3, 0.4) is 0 Å². The molecule has 0 aliphatic carbocycles. The van der Waals surface area contributed by atoms with Gasteiger partial charge < -0.3 is 5.32 Å². The second-order valence-electron chi connectivity index (χ2n) is 7.32. The van der Waals surface area contributed by atoms with Crippen LogP contribution in [-0.2, 0) is 0 Å². The van der Waals surface area contributed by atoms with Crippen LogP contribution in [0.25, 0.3) is 0 Å². The maximum absolute atomic E-state index is 3.54. The molecular formula is C22H30N2. The normalized spacial score (nSPS) is 17.5. The number of hydrogen-bond acceptors (Lipinski definition) is 2. The average molecular weight is 322 g/mol. The molecule has 24 heavy (non-hydrogen) atoms. The summed E-state index contributed by atoms with van der Waals surface area (Å²) in [5.41, 5.74) is 8.33. The Morgan fingerprint density at radius 3 is 2.29 bits per heavy atom. The molecule has 2 heteroatoms. The quantitative estimate of drug-likeness (QED) is 0.906. The molecule has 2 aromatic rings. The second-order valence-corrected chi connectivity index (χ2v) is 7.32. The van der Waals surface area contributed by atoms with Crippen molar-refractivity contribution in [2.24, 2.45) is 0 Å². The third kappa shape index (κ3) is 3.88. The van der Waals surface area contributed by atoms with E-state index < -0.39 is 0 Å². The minimum absolute atomic E-state index is 0.351. The number of nitrogens with one attached hydrogen (secondary N) is 1. The van der Waals surface area contributed by atoms with E-state index >= 15 is 0 Å². The van der Waals surface area contributed by atoms with Gasteiger partial charge in [0.15, 0.2) is 0 Å². The van der Waals surface area contributed by atoms with Gasteiger partial charge in [-0.1, -0.05) is 53.1 Å². The largest absolute Gasteiger partial charge is 0.315 e. The van der Waals surface area contributed by atoms with Crippen LogP contribution in [0.1, 0.15) is 45.8 Å². The summed E-state index contributed by atoms with van der Waals surface area (Å²) in [5.74, 6) is 0. The van der Waals surface area contributed by atoms with E-state index in [1.807, 2.05) is 0 Å². The van der Waals surface area contributed by atoms with Gasteiger partial charge in [-0.15, -0.1) is 0 Å². The summed E-state index contributed by atoms with van der Waals surface area (Å²) in [5, 5.41) is 3.54. The molecule has 0 bridgehead atoms. The molecule has 3 rings (SSSR count). The molecule has 1 N–H and O–H groups in total. The van der Waals surface area contributed by atoms with Crippen LogP contribution in [0.5, 0.6) is 0 Å². The summed E-state index contributed by atoms with van der Waals surface area (Å²) in [6.45, 7) is 13.3. The highest BCUT2D eigenvalue weighted by atomic mass is 15.2. The van der Waals surface area contributed by atoms with Gasteiger partial charge in [0, 0.05) is 19.6 Å². The fraction of sp³-hybridized carbons (Fsp3) is 0.455. The maximum Gasteiger partial charge on any atom is 0.0605 e. The van der Waals surface area contributed by atoms with Crippen LogP contribution < -0.4 is 5.32 Å². The monoisotopic (exact) mass is 322 g/mol. The smallest absolute Gasteiger partial charge is 0.0605 e. The fourth-order valence-electron chi connectivity index (χ4n) is 4.01. The Morgan fingerprint density at radius 1 is 0.833 bits per heavy atom. The fourth-order valence-corrected chi connectivity index (χ4v) is 4.01. The molecular weight excluding hydrogens is 292 g/mol. The molecule has 128 valence electrons. The van der Waals surface area contributed by atoms with Crippen LogP contribution in [0, 0.1) is 27.7 Å². The van der Waals surface area contributed by atoms with Crippen LogP contribution >= 0.6 is 0 Å². The van der Waals surface area contributed by atoms with Crippen LogP contribution in [-0.4, -0.2) is 31.1 Å². The van der Waals surface area contributed by atoms with Crippen LogP contribution in [0.4, 0.5) is 0 Å². The third-order valence-corrected chi connectivity index (χ3v) is 5.02. The molecule has 2 aromatic carbocycles. The Hall–Kier alpha value is -1.64. The summed E-state index contributed by atoms with van der Waals surface area (Å²) in [6, 6.07) is 14.3. The van der Waals surface area contributed by atoms with E-state index in [4.69, 9.17) is 0 Å². The van der Waals surface area contributed by atoms with Crippen molar-refractivity contribution in [1.82, 2.24) is 10.2 Å². The highest BCUT2D eigenvalue weighted by Gasteiger charge is 2.24. The third-order valence-electron chi connectivity index (χ3n) is 5.02. The molecule has 0 radical (unpaired) electrons. The van der Waals surface area contributed by atoms with E-state index in [9.17, 15) is 0 Å². The molecule has 1 unspecified atom stereocenters. The van der Waals surface area contributed by atoms with Gasteiger partial charge in [-0.2, -0.15) is 0 Å². The van der Waals surface area contributed by atoms with Gasteiger partial charge in [-0.05, 0) is 57.4 Å². The Morgan fingerprint density at radius 2 is 1.58 bits per heavy atom. The number of aryl methyl sites for hydroxylation is 4. The standard InChI is InChI=1S/C22H30N2/c1-16-6-7-21(19(4)13-16)22(24-10-5-8-23-9-11-24)20-14-17(2)12-18(3)15-20/h6-7,12-15,22-23H,5,8-11H2,1-4H3. The molecule has 1 fully saturated rings.